The van der Waals surface area contributed by atoms with E-state index in [1.165, 1.54) is 281 Å². The maximum Gasteiger partial charge on any atom is 0.0353 e. The highest BCUT2D eigenvalue weighted by atomic mass is 14.6. The smallest absolute Gasteiger partial charge is 0.0353 e. The van der Waals surface area contributed by atoms with Gasteiger partial charge in [-0.25, -0.2) is 0 Å². The molecule has 0 aliphatic carbocycles. The summed E-state index contributed by atoms with van der Waals surface area (Å²) in [6.07, 6.45) is 18.6. The lowest BCUT2D eigenvalue weighted by Crippen LogP contribution is -2.05. The summed E-state index contributed by atoms with van der Waals surface area (Å²) in [5, 5.41) is 62.1. The Balaban J connectivity index is 0.00000115. The van der Waals surface area contributed by atoms with Crippen LogP contribution in [0.3, 0.4) is 0 Å². The molecule has 0 saturated heterocycles. The van der Waals surface area contributed by atoms with E-state index in [-0.39, 0.29) is 0 Å². The molecular weight excluding hydrogens is 1000 g/mol. The van der Waals surface area contributed by atoms with Crippen molar-refractivity contribution in [2.45, 2.75) is 75.7 Å². The first-order valence-electron chi connectivity index (χ1n) is 30.3. The molecule has 83 heavy (non-hydrogen) atoms. The number of rotatable bonds is 1. The van der Waals surface area contributed by atoms with Crippen LogP contribution in [0.15, 0.2) is 98.1 Å². The summed E-state index contributed by atoms with van der Waals surface area (Å²) in [6.45, 7) is 22.0. The molecule has 0 amide bonds. The average molecular weight is 1050 g/mol. The molecule has 4 heteroatoms. The van der Waals surface area contributed by atoms with Gasteiger partial charge in [0.25, 0.3) is 0 Å². The van der Waals surface area contributed by atoms with Gasteiger partial charge in [-0.1, -0.05) is 71.0 Å². The molecular formula is C79H48N4. The molecule has 4 aromatic heterocycles. The van der Waals surface area contributed by atoms with Crippen LogP contribution < -0.4 is 0 Å². The first-order valence-corrected chi connectivity index (χ1v) is 30.3. The molecule has 0 aliphatic rings. The number of aromatic nitrogens is 4. The molecule has 0 bridgehead atoms. The predicted molar refractivity (Wildman–Crippen MR) is 361 cm³/mol. The molecule has 0 saturated carbocycles. The molecule has 4 nitrogen and oxygen atoms in total. The van der Waals surface area contributed by atoms with Crippen LogP contribution in [0.5, 0.6) is 0 Å². The van der Waals surface area contributed by atoms with Gasteiger partial charge >= 0.3 is 0 Å². The lowest BCUT2D eigenvalue weighted by Gasteiger charge is -2.33. The standard InChI is InChI=1S/C75H36N4.2C2H6/c1-7-29-27(5)13-33-42-19-79-23-46-37-15-35-44-21-77-17-40-31-10-24(2)11-38-48-28(6)26(4)12-32-41-18-78-22-45-36-14-34-43-20-76-16-39-30-9-8-25(3)47-54(29)57(33)71-66(53(42)46)75-61(37)67-58(35)72-63(51(40)44)62(49(31)38)70(56(32)48)65(52(41)45)74(72)60(36)68(67)59(34)73(75)64(50(39)43)69(71)55(30)47;2*1-2/h8-23H,7H2,1-6H3;2*1-2H3. The van der Waals surface area contributed by atoms with Crippen molar-refractivity contribution in [3.8, 4) is 0 Å². The zero-order chi connectivity index (χ0) is 54.9. The van der Waals surface area contributed by atoms with Crippen molar-refractivity contribution in [3.63, 3.8) is 0 Å². The quantitative estimate of drug-likeness (QED) is 0.121. The normalized spacial score (nSPS) is 13.7. The van der Waals surface area contributed by atoms with Crippen molar-refractivity contribution < 1.29 is 0 Å². The third-order valence-corrected chi connectivity index (χ3v) is 22.1. The SMILES string of the molecule is CC.CC.CCc1c(C)cc2c3cncc4c5cc6c7cncc8c9cc(C)cc%10c%11c(C)c(C)cc%12c%13cncc%14c%15cc%16c%17cncc%18c%19ccc(C)c%20c1c2c1c(c34)c2c5c3c6c4c(c87)c(c9%10)c(c%12%11)c(c%13%14)c4c%15c3c%16c2c(c%18%17)c1c%19%20. The van der Waals surface area contributed by atoms with Gasteiger partial charge in [0.2, 0.25) is 0 Å². The van der Waals surface area contributed by atoms with Crippen LogP contribution in [0, 0.1) is 34.6 Å². The van der Waals surface area contributed by atoms with Gasteiger partial charge in [-0.15, -0.1) is 0 Å². The molecule has 0 spiro atoms. The van der Waals surface area contributed by atoms with Gasteiger partial charge in [-0.3, -0.25) is 19.9 Å². The average Bonchev–Trinajstić information content (AvgIpc) is 0.684. The van der Waals surface area contributed by atoms with Crippen LogP contribution in [0.2, 0.25) is 0 Å². The lowest BCUT2D eigenvalue weighted by atomic mass is 9.69. The van der Waals surface area contributed by atoms with Crippen LogP contribution in [0.4, 0.5) is 0 Å². The Morgan fingerprint density at radius 1 is 0.229 bits per heavy atom. The summed E-state index contributed by atoms with van der Waals surface area (Å²) in [5.41, 5.74) is 8.08. The second-order valence-electron chi connectivity index (χ2n) is 25.0. The fraction of sp³-hybridized carbons (Fsp3) is 0.139. The van der Waals surface area contributed by atoms with Crippen molar-refractivity contribution in [3.05, 3.63) is 131 Å². The molecule has 24 rings (SSSR count). The number of benzene rings is 20. The second-order valence-corrected chi connectivity index (χ2v) is 25.0. The minimum absolute atomic E-state index is 0.956. The first-order chi connectivity index (χ1) is 40.8. The van der Waals surface area contributed by atoms with Crippen LogP contribution in [0.25, 0.3) is 248 Å². The monoisotopic (exact) mass is 1050 g/mol. The number of fused-ring (bicyclic) bond motifs is 10. The number of hydrogen-bond donors (Lipinski definition) is 0. The zero-order valence-corrected chi connectivity index (χ0v) is 47.7. The Bertz CT molecular complexity index is 7020. The van der Waals surface area contributed by atoms with E-state index in [2.05, 4.69) is 140 Å². The largest absolute Gasteiger partial charge is 0.263 e. The molecule has 0 atom stereocenters. The summed E-state index contributed by atoms with van der Waals surface area (Å²) < 4.78 is 0. The van der Waals surface area contributed by atoms with Gasteiger partial charge in [-0.2, -0.15) is 0 Å². The molecule has 24 aromatic rings. The highest BCUT2D eigenvalue weighted by molar-refractivity contribution is 6.68. The first kappa shape index (κ1) is 43.1. The lowest BCUT2D eigenvalue weighted by molar-refractivity contribution is 1.13. The maximum atomic E-state index is 5.33. The molecule has 0 unspecified atom stereocenters. The van der Waals surface area contributed by atoms with Crippen molar-refractivity contribution in [1.29, 1.82) is 0 Å². The van der Waals surface area contributed by atoms with Crippen LogP contribution in [0.1, 0.15) is 68.0 Å². The minimum Gasteiger partial charge on any atom is -0.263 e. The number of aryl methyl sites for hydroxylation is 6. The molecule has 384 valence electrons. The van der Waals surface area contributed by atoms with Crippen molar-refractivity contribution >= 4 is 248 Å². The summed E-state index contributed by atoms with van der Waals surface area (Å²) in [5.74, 6) is 0. The van der Waals surface area contributed by atoms with Gasteiger partial charge < -0.3 is 0 Å². The van der Waals surface area contributed by atoms with E-state index in [9.17, 15) is 0 Å². The number of hydrogen-bond acceptors (Lipinski definition) is 4. The Morgan fingerprint density at radius 3 is 0.928 bits per heavy atom. The third kappa shape index (κ3) is 3.94. The fourth-order valence-electron chi connectivity index (χ4n) is 19.6. The Hall–Kier alpha value is -9.64. The Morgan fingerprint density at radius 2 is 0.518 bits per heavy atom. The summed E-state index contributed by atoms with van der Waals surface area (Å²) in [6, 6.07) is 20.1. The van der Waals surface area contributed by atoms with E-state index in [0.717, 1.165) is 6.42 Å². The van der Waals surface area contributed by atoms with Gasteiger partial charge in [0.05, 0.1) is 0 Å². The van der Waals surface area contributed by atoms with E-state index in [0.29, 0.717) is 0 Å². The zero-order valence-electron chi connectivity index (χ0n) is 47.7. The Labute approximate surface area is 472 Å². The number of pyridine rings is 4. The molecule has 0 radical (unpaired) electrons. The van der Waals surface area contributed by atoms with Crippen molar-refractivity contribution in [2.75, 3.05) is 0 Å². The Kier molecular flexibility index (Phi) is 6.84. The molecule has 0 N–H and O–H groups in total. The topological polar surface area (TPSA) is 51.6 Å². The van der Waals surface area contributed by atoms with Gasteiger partial charge in [0, 0.05) is 136 Å². The summed E-state index contributed by atoms with van der Waals surface area (Å²) in [4.78, 5) is 21.3. The van der Waals surface area contributed by atoms with E-state index < -0.39 is 0 Å². The molecule has 0 aliphatic heterocycles. The molecule has 20 aromatic carbocycles. The maximum absolute atomic E-state index is 5.33. The molecule has 4 heterocycles. The van der Waals surface area contributed by atoms with Crippen LogP contribution >= 0.6 is 0 Å². The van der Waals surface area contributed by atoms with E-state index >= 15 is 0 Å². The van der Waals surface area contributed by atoms with E-state index in [4.69, 9.17) is 19.9 Å². The third-order valence-electron chi connectivity index (χ3n) is 22.1. The highest BCUT2D eigenvalue weighted by Crippen LogP contribution is 2.67. The fourth-order valence-corrected chi connectivity index (χ4v) is 19.6. The van der Waals surface area contributed by atoms with E-state index in [1.807, 2.05) is 27.7 Å². The number of nitrogens with zero attached hydrogens (tertiary/aromatic N) is 4. The summed E-state index contributed by atoms with van der Waals surface area (Å²) in [7, 11) is 0. The highest BCUT2D eigenvalue weighted by Gasteiger charge is 2.38. The van der Waals surface area contributed by atoms with Gasteiger partial charge in [-0.05, 0) is 248 Å². The van der Waals surface area contributed by atoms with Crippen LogP contribution in [-0.2, 0) is 6.42 Å². The predicted octanol–water partition coefficient (Wildman–Crippen LogP) is 22.6. The van der Waals surface area contributed by atoms with Crippen LogP contribution in [-0.4, -0.2) is 19.9 Å². The van der Waals surface area contributed by atoms with Gasteiger partial charge in [0.1, 0.15) is 0 Å². The minimum atomic E-state index is 0.956. The second kappa shape index (κ2) is 13.2. The van der Waals surface area contributed by atoms with Crippen molar-refractivity contribution in [2.24, 2.45) is 0 Å². The summed E-state index contributed by atoms with van der Waals surface area (Å²) >= 11 is 0. The molecule has 0 fully saturated rings. The van der Waals surface area contributed by atoms with E-state index in [1.54, 1.807) is 0 Å². The van der Waals surface area contributed by atoms with Gasteiger partial charge in [0.15, 0.2) is 0 Å². The van der Waals surface area contributed by atoms with Crippen molar-refractivity contribution in [1.82, 2.24) is 19.9 Å².